The van der Waals surface area contributed by atoms with E-state index >= 15 is 0 Å². The van der Waals surface area contributed by atoms with Crippen molar-refractivity contribution >= 4 is 17.3 Å². The van der Waals surface area contributed by atoms with E-state index < -0.39 is 0 Å². The minimum atomic E-state index is 0.600. The monoisotopic (exact) mass is 292 g/mol. The zero-order chi connectivity index (χ0) is 14.1. The van der Waals surface area contributed by atoms with E-state index in [1.807, 2.05) is 6.07 Å². The summed E-state index contributed by atoms with van der Waals surface area (Å²) in [5.41, 5.74) is 1.29. The molecule has 2 aliphatic heterocycles. The van der Waals surface area contributed by atoms with Crippen molar-refractivity contribution in [2.75, 3.05) is 24.5 Å². The van der Waals surface area contributed by atoms with Crippen LogP contribution < -0.4 is 4.90 Å². The molecular weight excluding hydrogens is 268 g/mol. The number of piperidine rings is 1. The fourth-order valence-electron chi connectivity index (χ4n) is 3.73. The summed E-state index contributed by atoms with van der Waals surface area (Å²) in [5, 5.41) is 0.844. The van der Waals surface area contributed by atoms with Gasteiger partial charge in [-0.25, -0.2) is 0 Å². The average Bonchev–Trinajstić information content (AvgIpc) is 2.46. The molecule has 2 aliphatic rings. The molecule has 3 rings (SSSR count). The summed E-state index contributed by atoms with van der Waals surface area (Å²) < 4.78 is 0. The van der Waals surface area contributed by atoms with Crippen LogP contribution in [0.3, 0.4) is 0 Å². The van der Waals surface area contributed by atoms with E-state index in [0.29, 0.717) is 12.0 Å². The largest absolute Gasteiger partial charge is 0.365 e. The fourth-order valence-corrected chi connectivity index (χ4v) is 3.92. The molecule has 20 heavy (non-hydrogen) atoms. The van der Waals surface area contributed by atoms with Gasteiger partial charge in [0.25, 0.3) is 0 Å². The van der Waals surface area contributed by atoms with Gasteiger partial charge in [-0.05, 0) is 43.5 Å². The van der Waals surface area contributed by atoms with Gasteiger partial charge in [0.1, 0.15) is 0 Å². The van der Waals surface area contributed by atoms with Gasteiger partial charge in [0.15, 0.2) is 0 Å². The molecular formula is C17H25ClN2. The van der Waals surface area contributed by atoms with Crippen molar-refractivity contribution in [2.45, 2.75) is 45.2 Å². The smallest absolute Gasteiger partial charge is 0.0440 e. The van der Waals surface area contributed by atoms with Crippen molar-refractivity contribution in [1.82, 2.24) is 4.90 Å². The van der Waals surface area contributed by atoms with Gasteiger partial charge in [-0.15, -0.1) is 0 Å². The lowest BCUT2D eigenvalue weighted by Gasteiger charge is -2.50. The summed E-state index contributed by atoms with van der Waals surface area (Å²) in [6, 6.07) is 9.70. The highest BCUT2D eigenvalue weighted by atomic mass is 35.5. The minimum absolute atomic E-state index is 0.600. The molecule has 2 nitrogen and oxygen atoms in total. The van der Waals surface area contributed by atoms with Gasteiger partial charge in [0.2, 0.25) is 0 Å². The van der Waals surface area contributed by atoms with E-state index in [9.17, 15) is 0 Å². The number of hydrogen-bond donors (Lipinski definition) is 0. The standard InChI is InChI=1S/C17H25ClN2/c1-13(2)17-12-19-9-4-3-7-16(19)11-20(17)15-8-5-6-14(18)10-15/h5-6,8,10,13,16-17H,3-4,7,9,11-12H2,1-2H3. The van der Waals surface area contributed by atoms with Gasteiger partial charge >= 0.3 is 0 Å². The molecule has 0 bridgehead atoms. The van der Waals surface area contributed by atoms with E-state index in [1.54, 1.807) is 0 Å². The van der Waals surface area contributed by atoms with Crippen molar-refractivity contribution in [3.63, 3.8) is 0 Å². The van der Waals surface area contributed by atoms with Crippen LogP contribution in [0.5, 0.6) is 0 Å². The lowest BCUT2D eigenvalue weighted by Crippen LogP contribution is -2.61. The Morgan fingerprint density at radius 2 is 2.05 bits per heavy atom. The summed E-state index contributed by atoms with van der Waals surface area (Å²) in [7, 11) is 0. The van der Waals surface area contributed by atoms with Gasteiger partial charge < -0.3 is 4.90 Å². The summed E-state index contributed by atoms with van der Waals surface area (Å²) >= 11 is 6.19. The number of benzene rings is 1. The summed E-state index contributed by atoms with van der Waals surface area (Å²) in [6.07, 6.45) is 4.11. The highest BCUT2D eigenvalue weighted by Crippen LogP contribution is 2.31. The first-order chi connectivity index (χ1) is 9.65. The molecule has 1 aromatic carbocycles. The number of fused-ring (bicyclic) bond motifs is 1. The van der Waals surface area contributed by atoms with Crippen LogP contribution in [0.2, 0.25) is 5.02 Å². The Bertz CT molecular complexity index is 460. The molecule has 2 heterocycles. The Labute approximate surface area is 127 Å². The van der Waals surface area contributed by atoms with Crippen LogP contribution in [0.4, 0.5) is 5.69 Å². The van der Waals surface area contributed by atoms with Crippen molar-refractivity contribution < 1.29 is 0 Å². The van der Waals surface area contributed by atoms with Crippen LogP contribution in [-0.4, -0.2) is 36.6 Å². The number of rotatable bonds is 2. The number of halogens is 1. The molecule has 0 aromatic heterocycles. The molecule has 0 amide bonds. The molecule has 1 aromatic rings. The lowest BCUT2D eigenvalue weighted by molar-refractivity contribution is 0.100. The lowest BCUT2D eigenvalue weighted by atomic mass is 9.91. The molecule has 0 spiro atoms. The Kier molecular flexibility index (Phi) is 4.23. The van der Waals surface area contributed by atoms with Gasteiger partial charge in [0.05, 0.1) is 0 Å². The van der Waals surface area contributed by atoms with E-state index in [1.165, 1.54) is 38.0 Å². The second kappa shape index (κ2) is 5.95. The van der Waals surface area contributed by atoms with Crippen LogP contribution in [0.25, 0.3) is 0 Å². The average molecular weight is 293 g/mol. The minimum Gasteiger partial charge on any atom is -0.365 e. The molecule has 0 N–H and O–H groups in total. The molecule has 0 radical (unpaired) electrons. The highest BCUT2D eigenvalue weighted by Gasteiger charge is 2.36. The molecule has 0 saturated carbocycles. The van der Waals surface area contributed by atoms with Crippen molar-refractivity contribution in [1.29, 1.82) is 0 Å². The second-order valence-corrected chi connectivity index (χ2v) is 7.02. The van der Waals surface area contributed by atoms with E-state index in [2.05, 4.69) is 41.8 Å². The first-order valence-electron chi connectivity index (χ1n) is 7.91. The number of nitrogens with zero attached hydrogens (tertiary/aromatic N) is 2. The first-order valence-corrected chi connectivity index (χ1v) is 8.29. The van der Waals surface area contributed by atoms with Crippen LogP contribution in [0.1, 0.15) is 33.1 Å². The quantitative estimate of drug-likeness (QED) is 0.812. The molecule has 0 aliphatic carbocycles. The van der Waals surface area contributed by atoms with Crippen LogP contribution >= 0.6 is 11.6 Å². The third-order valence-electron chi connectivity index (χ3n) is 4.89. The third-order valence-corrected chi connectivity index (χ3v) is 5.12. The summed E-state index contributed by atoms with van der Waals surface area (Å²) in [5.74, 6) is 0.664. The number of piperazine rings is 1. The SMILES string of the molecule is CC(C)C1CN2CCCCC2CN1c1cccc(Cl)c1. The summed E-state index contributed by atoms with van der Waals surface area (Å²) in [6.45, 7) is 8.33. The summed E-state index contributed by atoms with van der Waals surface area (Å²) in [4.78, 5) is 5.32. The predicted octanol–water partition coefficient (Wildman–Crippen LogP) is 4.04. The normalized spacial score (nSPS) is 27.7. The van der Waals surface area contributed by atoms with Gasteiger partial charge in [0, 0.05) is 35.9 Å². The number of anilines is 1. The fraction of sp³-hybridized carbons (Fsp3) is 0.647. The van der Waals surface area contributed by atoms with Gasteiger partial charge in [-0.2, -0.15) is 0 Å². The molecule has 110 valence electrons. The third kappa shape index (κ3) is 2.82. The maximum Gasteiger partial charge on any atom is 0.0440 e. The van der Waals surface area contributed by atoms with Crippen LogP contribution in [0.15, 0.2) is 24.3 Å². The molecule has 2 fully saturated rings. The zero-order valence-corrected chi connectivity index (χ0v) is 13.3. The highest BCUT2D eigenvalue weighted by molar-refractivity contribution is 6.30. The van der Waals surface area contributed by atoms with E-state index in [-0.39, 0.29) is 0 Å². The first kappa shape index (κ1) is 14.2. The Morgan fingerprint density at radius 1 is 1.20 bits per heavy atom. The van der Waals surface area contributed by atoms with Crippen LogP contribution in [-0.2, 0) is 0 Å². The van der Waals surface area contributed by atoms with Crippen molar-refractivity contribution in [3.8, 4) is 0 Å². The van der Waals surface area contributed by atoms with Crippen molar-refractivity contribution in [3.05, 3.63) is 29.3 Å². The Balaban J connectivity index is 1.86. The topological polar surface area (TPSA) is 6.48 Å². The molecule has 2 atom stereocenters. The number of hydrogen-bond acceptors (Lipinski definition) is 2. The molecule has 2 saturated heterocycles. The molecule has 2 unspecified atom stereocenters. The Hall–Kier alpha value is -0.730. The molecule has 3 heteroatoms. The van der Waals surface area contributed by atoms with E-state index in [0.717, 1.165) is 17.6 Å². The Morgan fingerprint density at radius 3 is 2.80 bits per heavy atom. The second-order valence-electron chi connectivity index (χ2n) is 6.59. The van der Waals surface area contributed by atoms with Gasteiger partial charge in [-0.1, -0.05) is 37.9 Å². The zero-order valence-electron chi connectivity index (χ0n) is 12.6. The van der Waals surface area contributed by atoms with Gasteiger partial charge in [-0.3, -0.25) is 4.90 Å². The van der Waals surface area contributed by atoms with Crippen molar-refractivity contribution in [2.24, 2.45) is 5.92 Å². The maximum atomic E-state index is 6.19. The van der Waals surface area contributed by atoms with Crippen LogP contribution in [0, 0.1) is 5.92 Å². The predicted molar refractivity (Wildman–Crippen MR) is 86.6 cm³/mol. The van der Waals surface area contributed by atoms with E-state index in [4.69, 9.17) is 11.6 Å². The maximum absolute atomic E-state index is 6.19.